The number of alkyl carbamates (subject to hydrolysis) is 1. The zero-order valence-corrected chi connectivity index (χ0v) is 28.0. The number of ether oxygens (including phenoxy) is 2. The maximum atomic E-state index is 14.3. The highest BCUT2D eigenvalue weighted by molar-refractivity contribution is 7.80. The Morgan fingerprint density at radius 2 is 1.41 bits per heavy atom. The highest BCUT2D eigenvalue weighted by atomic mass is 32.1. The molecular weight excluding hydrogens is 582 g/mol. The molecule has 3 atom stereocenters. The van der Waals surface area contributed by atoms with E-state index in [9.17, 15) is 24.3 Å². The third-order valence-corrected chi connectivity index (χ3v) is 6.48. The van der Waals surface area contributed by atoms with E-state index in [0.717, 1.165) is 5.56 Å². The van der Waals surface area contributed by atoms with Crippen molar-refractivity contribution in [1.29, 1.82) is 0 Å². The van der Waals surface area contributed by atoms with Gasteiger partial charge in [0.15, 0.2) is 0 Å². The van der Waals surface area contributed by atoms with E-state index in [1.54, 1.807) is 74.4 Å². The van der Waals surface area contributed by atoms with E-state index < -0.39 is 58.7 Å². The van der Waals surface area contributed by atoms with Gasteiger partial charge in [-0.25, -0.2) is 9.59 Å². The fourth-order valence-corrected chi connectivity index (χ4v) is 4.67. The van der Waals surface area contributed by atoms with Crippen LogP contribution in [0.4, 0.5) is 4.79 Å². The summed E-state index contributed by atoms with van der Waals surface area (Å²) < 4.78 is 11.0. The third-order valence-electron chi connectivity index (χ3n) is 6.11. The van der Waals surface area contributed by atoms with Gasteiger partial charge in [-0.05, 0) is 85.6 Å². The lowest BCUT2D eigenvalue weighted by Crippen LogP contribution is -2.60. The van der Waals surface area contributed by atoms with Gasteiger partial charge in [-0.3, -0.25) is 9.59 Å². The normalized spacial score (nSPS) is 14.0. The molecule has 0 bridgehead atoms. The van der Waals surface area contributed by atoms with Crippen LogP contribution in [0, 0.1) is 0 Å². The van der Waals surface area contributed by atoms with Gasteiger partial charge in [-0.1, -0.05) is 42.5 Å². The Balaban J connectivity index is 2.60. The van der Waals surface area contributed by atoms with Gasteiger partial charge < -0.3 is 30.1 Å². The number of thiol groups is 1. The van der Waals surface area contributed by atoms with E-state index >= 15 is 0 Å². The van der Waals surface area contributed by atoms with Crippen molar-refractivity contribution < 1.29 is 33.8 Å². The second kappa shape index (κ2) is 14.8. The topological polar surface area (TPSA) is 134 Å². The fraction of sp³-hybridized carbons (Fsp3) is 0.515. The number of nitrogens with zero attached hydrogens (tertiary/aromatic N) is 1. The number of carbonyl (C=O) groups excluding carboxylic acids is 4. The van der Waals surface area contributed by atoms with Crippen molar-refractivity contribution in [2.75, 3.05) is 5.75 Å². The zero-order chi connectivity index (χ0) is 33.5. The molecule has 242 valence electrons. The Labute approximate surface area is 266 Å². The molecule has 0 saturated carbocycles. The lowest BCUT2D eigenvalue weighted by molar-refractivity contribution is -0.159. The molecule has 0 saturated heterocycles. The van der Waals surface area contributed by atoms with Gasteiger partial charge in [0, 0.05) is 17.7 Å². The number of rotatable bonds is 10. The minimum Gasteiger partial charge on any atom is -0.508 e. The first kappa shape index (κ1) is 36.5. The molecule has 44 heavy (non-hydrogen) atoms. The average molecular weight is 630 g/mol. The Morgan fingerprint density at radius 3 is 1.91 bits per heavy atom. The van der Waals surface area contributed by atoms with Crippen LogP contribution in [-0.4, -0.2) is 68.5 Å². The van der Waals surface area contributed by atoms with Crippen LogP contribution >= 0.6 is 12.6 Å². The van der Waals surface area contributed by atoms with Crippen molar-refractivity contribution in [3.8, 4) is 5.75 Å². The minimum atomic E-state index is -1.32. The molecule has 2 aromatic carbocycles. The molecule has 2 rings (SSSR count). The Kier molecular flexibility index (Phi) is 12.3. The second-order valence-electron chi connectivity index (χ2n) is 13.5. The SMILES string of the molecule is CC(C)(C)OC(=O)NC(CS)C(=O)N(C(C(=O)NC(Cc1ccccc1)C(=O)OC(C)(C)C)c1cccc(O)c1)C(C)(C)C. The van der Waals surface area contributed by atoms with E-state index in [-0.39, 0.29) is 17.9 Å². The summed E-state index contributed by atoms with van der Waals surface area (Å²) in [5.74, 6) is -2.14. The van der Waals surface area contributed by atoms with E-state index in [0.29, 0.717) is 5.56 Å². The monoisotopic (exact) mass is 629 g/mol. The van der Waals surface area contributed by atoms with Crippen molar-refractivity contribution in [2.24, 2.45) is 0 Å². The Hall–Kier alpha value is -3.73. The molecule has 3 N–H and O–H groups in total. The van der Waals surface area contributed by atoms with Crippen LogP contribution in [-0.2, 0) is 30.3 Å². The van der Waals surface area contributed by atoms with Crippen LogP contribution < -0.4 is 10.6 Å². The summed E-state index contributed by atoms with van der Waals surface area (Å²) in [6.07, 6.45) is -0.679. The van der Waals surface area contributed by atoms with Crippen LogP contribution in [0.25, 0.3) is 0 Å². The quantitative estimate of drug-likeness (QED) is 0.216. The lowest BCUT2D eigenvalue weighted by Gasteiger charge is -2.43. The molecule has 10 nitrogen and oxygen atoms in total. The number of hydrogen-bond acceptors (Lipinski definition) is 8. The molecule has 11 heteroatoms. The molecular formula is C33H47N3O7S. The maximum Gasteiger partial charge on any atom is 0.408 e. The number of benzene rings is 2. The number of carbonyl (C=O) groups is 4. The summed E-state index contributed by atoms with van der Waals surface area (Å²) in [6, 6.07) is 11.6. The summed E-state index contributed by atoms with van der Waals surface area (Å²) in [7, 11) is 0. The van der Waals surface area contributed by atoms with Gasteiger partial charge in [-0.2, -0.15) is 12.6 Å². The summed E-state index contributed by atoms with van der Waals surface area (Å²) in [5.41, 5.74) is -1.52. The summed E-state index contributed by atoms with van der Waals surface area (Å²) in [4.78, 5) is 55.8. The van der Waals surface area contributed by atoms with E-state index in [1.165, 1.54) is 17.0 Å². The summed E-state index contributed by atoms with van der Waals surface area (Å²) >= 11 is 4.31. The smallest absolute Gasteiger partial charge is 0.408 e. The number of aromatic hydroxyl groups is 1. The van der Waals surface area contributed by atoms with Crippen molar-refractivity contribution in [1.82, 2.24) is 15.5 Å². The van der Waals surface area contributed by atoms with Crippen molar-refractivity contribution in [2.45, 2.75) is 104 Å². The van der Waals surface area contributed by atoms with Crippen molar-refractivity contribution in [3.63, 3.8) is 0 Å². The van der Waals surface area contributed by atoms with Crippen LogP contribution in [0.1, 0.15) is 79.5 Å². The Morgan fingerprint density at radius 1 is 0.818 bits per heavy atom. The fourth-order valence-electron chi connectivity index (χ4n) is 4.43. The van der Waals surface area contributed by atoms with Gasteiger partial charge in [0.25, 0.3) is 0 Å². The van der Waals surface area contributed by atoms with Crippen LogP contribution in [0.3, 0.4) is 0 Å². The molecule has 0 spiro atoms. The molecule has 0 fully saturated rings. The van der Waals surface area contributed by atoms with E-state index in [2.05, 4.69) is 23.3 Å². The van der Waals surface area contributed by atoms with E-state index in [1.807, 2.05) is 30.3 Å². The molecule has 0 aromatic heterocycles. The number of phenols is 1. The van der Waals surface area contributed by atoms with Crippen molar-refractivity contribution in [3.05, 3.63) is 65.7 Å². The first-order valence-electron chi connectivity index (χ1n) is 14.5. The predicted molar refractivity (Wildman–Crippen MR) is 172 cm³/mol. The lowest BCUT2D eigenvalue weighted by atomic mass is 9.95. The highest BCUT2D eigenvalue weighted by Gasteiger charge is 2.43. The molecule has 2 aromatic rings. The number of nitrogens with one attached hydrogen (secondary N) is 2. The molecule has 0 aliphatic rings. The van der Waals surface area contributed by atoms with Crippen LogP contribution in [0.5, 0.6) is 5.75 Å². The molecule has 0 aliphatic carbocycles. The highest BCUT2D eigenvalue weighted by Crippen LogP contribution is 2.32. The van der Waals surface area contributed by atoms with Gasteiger partial charge in [-0.15, -0.1) is 0 Å². The molecule has 0 aliphatic heterocycles. The standard InChI is InChI=1S/C33H47N3O7S/c1-31(2,3)36(28(39)25(20-44)35-30(41)43-33(7,8)9)26(22-16-13-17-23(37)19-22)27(38)34-24(29(40)42-32(4,5)6)18-21-14-11-10-12-15-21/h10-17,19,24-26,37,44H,18,20H2,1-9H3,(H,34,38)(H,35,41). The molecule has 0 radical (unpaired) electrons. The van der Waals surface area contributed by atoms with Gasteiger partial charge in [0.05, 0.1) is 0 Å². The largest absolute Gasteiger partial charge is 0.508 e. The number of phenolic OH excluding ortho intramolecular Hbond substituents is 1. The molecule has 0 heterocycles. The van der Waals surface area contributed by atoms with Gasteiger partial charge in [0.1, 0.15) is 35.1 Å². The van der Waals surface area contributed by atoms with E-state index in [4.69, 9.17) is 9.47 Å². The van der Waals surface area contributed by atoms with Gasteiger partial charge in [0.2, 0.25) is 11.8 Å². The summed E-state index contributed by atoms with van der Waals surface area (Å²) in [5, 5.41) is 15.7. The first-order chi connectivity index (χ1) is 20.2. The number of hydrogen-bond donors (Lipinski definition) is 4. The third kappa shape index (κ3) is 11.4. The average Bonchev–Trinajstić information content (AvgIpc) is 2.87. The maximum absolute atomic E-state index is 14.3. The van der Waals surface area contributed by atoms with Crippen LogP contribution in [0.2, 0.25) is 0 Å². The second-order valence-corrected chi connectivity index (χ2v) is 13.9. The Bertz CT molecular complexity index is 1300. The van der Waals surface area contributed by atoms with Crippen molar-refractivity contribution >= 4 is 36.5 Å². The summed E-state index contributed by atoms with van der Waals surface area (Å²) in [6.45, 7) is 15.5. The molecule has 3 unspecified atom stereocenters. The number of esters is 1. The predicted octanol–water partition coefficient (Wildman–Crippen LogP) is 4.95. The first-order valence-corrected chi connectivity index (χ1v) is 15.1. The number of amides is 3. The minimum absolute atomic E-state index is 0.0897. The van der Waals surface area contributed by atoms with Gasteiger partial charge >= 0.3 is 12.1 Å². The zero-order valence-electron chi connectivity index (χ0n) is 27.1. The van der Waals surface area contributed by atoms with Crippen LogP contribution in [0.15, 0.2) is 54.6 Å². The molecule has 3 amide bonds.